The summed E-state index contributed by atoms with van der Waals surface area (Å²) in [6, 6.07) is -0.930. The third-order valence-electron chi connectivity index (χ3n) is 6.25. The number of rotatable bonds is 7. The SMILES string of the molecule is C=CCN(C(=O)C1N(CCCO)C(=O)[C@@H]2[C@@H](C(=O)O)[C@@H]3OC12CC3Br)C(C)(C)C. The van der Waals surface area contributed by atoms with Crippen molar-refractivity contribution in [3.05, 3.63) is 12.7 Å². The topological polar surface area (TPSA) is 107 Å². The number of alkyl halides is 1. The first-order valence-electron chi connectivity index (χ1n) is 9.89. The molecule has 0 aromatic heterocycles. The smallest absolute Gasteiger partial charge is 0.310 e. The van der Waals surface area contributed by atoms with Gasteiger partial charge in [0.05, 0.1) is 17.9 Å². The Balaban J connectivity index is 2.09. The van der Waals surface area contributed by atoms with Crippen LogP contribution < -0.4 is 0 Å². The first kappa shape index (κ1) is 22.2. The van der Waals surface area contributed by atoms with Crippen LogP contribution in [0.2, 0.25) is 0 Å². The highest BCUT2D eigenvalue weighted by atomic mass is 79.9. The number of aliphatic carboxylic acids is 1. The maximum absolute atomic E-state index is 13.8. The molecule has 3 rings (SSSR count). The summed E-state index contributed by atoms with van der Waals surface area (Å²) in [5.41, 5.74) is -1.71. The molecule has 3 heterocycles. The van der Waals surface area contributed by atoms with Gasteiger partial charge in [-0.25, -0.2) is 0 Å². The molecule has 8 nitrogen and oxygen atoms in total. The lowest BCUT2D eigenvalue weighted by molar-refractivity contribution is -0.152. The Hall–Kier alpha value is -1.45. The van der Waals surface area contributed by atoms with E-state index in [4.69, 9.17) is 4.74 Å². The maximum Gasteiger partial charge on any atom is 0.310 e. The first-order chi connectivity index (χ1) is 13.5. The van der Waals surface area contributed by atoms with Gasteiger partial charge in [-0.15, -0.1) is 6.58 Å². The first-order valence-corrected chi connectivity index (χ1v) is 10.8. The zero-order chi connectivity index (χ0) is 21.7. The number of carbonyl (C=O) groups is 3. The molecular weight excluding hydrogens is 444 g/mol. The zero-order valence-electron chi connectivity index (χ0n) is 17.0. The van der Waals surface area contributed by atoms with Gasteiger partial charge in [0, 0.05) is 30.1 Å². The van der Waals surface area contributed by atoms with Crippen molar-refractivity contribution >= 4 is 33.7 Å². The molecule has 2 amide bonds. The minimum atomic E-state index is -1.18. The van der Waals surface area contributed by atoms with Crippen LogP contribution in [-0.2, 0) is 19.1 Å². The molecule has 0 radical (unpaired) electrons. The van der Waals surface area contributed by atoms with E-state index in [1.165, 1.54) is 4.90 Å². The number of nitrogens with zero attached hydrogens (tertiary/aromatic N) is 2. The molecule has 3 unspecified atom stereocenters. The minimum Gasteiger partial charge on any atom is -0.481 e. The number of fused-ring (bicyclic) bond motifs is 1. The number of aliphatic hydroxyl groups excluding tert-OH is 1. The van der Waals surface area contributed by atoms with Crippen LogP contribution in [0.3, 0.4) is 0 Å². The Labute approximate surface area is 179 Å². The van der Waals surface area contributed by atoms with Gasteiger partial charge in [-0.1, -0.05) is 22.0 Å². The van der Waals surface area contributed by atoms with Gasteiger partial charge in [-0.3, -0.25) is 14.4 Å². The zero-order valence-corrected chi connectivity index (χ0v) is 18.6. The van der Waals surface area contributed by atoms with Gasteiger partial charge >= 0.3 is 5.97 Å². The van der Waals surface area contributed by atoms with Gasteiger partial charge in [-0.2, -0.15) is 0 Å². The van der Waals surface area contributed by atoms with Crippen LogP contribution in [0.5, 0.6) is 0 Å². The number of carboxylic acid groups (broad SMARTS) is 1. The second kappa shape index (κ2) is 7.67. The summed E-state index contributed by atoms with van der Waals surface area (Å²) in [4.78, 5) is 42.0. The third-order valence-corrected chi connectivity index (χ3v) is 7.10. The summed E-state index contributed by atoms with van der Waals surface area (Å²) in [6.07, 6.45) is 1.66. The Morgan fingerprint density at radius 3 is 2.62 bits per heavy atom. The summed E-state index contributed by atoms with van der Waals surface area (Å²) in [7, 11) is 0. The van der Waals surface area contributed by atoms with E-state index < -0.39 is 41.1 Å². The molecule has 0 aliphatic carbocycles. The number of halogens is 1. The predicted molar refractivity (Wildman–Crippen MR) is 108 cm³/mol. The van der Waals surface area contributed by atoms with Crippen LogP contribution in [0.4, 0.5) is 0 Å². The lowest BCUT2D eigenvalue weighted by Gasteiger charge is -2.42. The summed E-state index contributed by atoms with van der Waals surface area (Å²) in [6.45, 7) is 9.78. The van der Waals surface area contributed by atoms with Crippen molar-refractivity contribution in [3.8, 4) is 0 Å². The van der Waals surface area contributed by atoms with Gasteiger partial charge < -0.3 is 24.7 Å². The fraction of sp³-hybridized carbons (Fsp3) is 0.750. The Kier molecular flexibility index (Phi) is 5.88. The van der Waals surface area contributed by atoms with Gasteiger partial charge in [0.2, 0.25) is 11.8 Å². The van der Waals surface area contributed by atoms with Gasteiger partial charge in [0.15, 0.2) is 0 Å². The molecule has 29 heavy (non-hydrogen) atoms. The molecule has 2 N–H and O–H groups in total. The fourth-order valence-electron chi connectivity index (χ4n) is 5.14. The third kappa shape index (κ3) is 3.31. The molecule has 9 heteroatoms. The number of hydrogen-bond acceptors (Lipinski definition) is 5. The fourth-order valence-corrected chi connectivity index (χ4v) is 6.09. The summed E-state index contributed by atoms with van der Waals surface area (Å²) >= 11 is 3.51. The van der Waals surface area contributed by atoms with E-state index in [-0.39, 0.29) is 29.8 Å². The summed E-state index contributed by atoms with van der Waals surface area (Å²) in [5, 5.41) is 19.1. The molecule has 3 aliphatic rings. The van der Waals surface area contributed by atoms with Crippen LogP contribution in [0.25, 0.3) is 0 Å². The van der Waals surface area contributed by atoms with Crippen LogP contribution in [0.1, 0.15) is 33.6 Å². The number of aliphatic hydroxyl groups is 1. The molecule has 0 saturated carbocycles. The second-order valence-corrected chi connectivity index (χ2v) is 10.2. The molecule has 1 spiro atoms. The van der Waals surface area contributed by atoms with E-state index in [1.54, 1.807) is 11.0 Å². The van der Waals surface area contributed by atoms with Crippen molar-refractivity contribution in [2.24, 2.45) is 11.8 Å². The number of carbonyl (C=O) groups excluding carboxylic acids is 2. The van der Waals surface area contributed by atoms with E-state index >= 15 is 0 Å². The highest BCUT2D eigenvalue weighted by Gasteiger charge is 2.76. The Morgan fingerprint density at radius 2 is 2.10 bits per heavy atom. The van der Waals surface area contributed by atoms with Crippen molar-refractivity contribution in [1.29, 1.82) is 0 Å². The molecule has 162 valence electrons. The number of ether oxygens (including phenoxy) is 1. The van der Waals surface area contributed by atoms with Crippen LogP contribution in [0, 0.1) is 11.8 Å². The highest BCUT2D eigenvalue weighted by molar-refractivity contribution is 9.09. The molecule has 3 saturated heterocycles. The average Bonchev–Trinajstić information content (AvgIpc) is 3.20. The molecule has 3 aliphatic heterocycles. The lowest BCUT2D eigenvalue weighted by atomic mass is 9.70. The van der Waals surface area contributed by atoms with Crippen LogP contribution >= 0.6 is 15.9 Å². The molecule has 3 fully saturated rings. The summed E-state index contributed by atoms with van der Waals surface area (Å²) in [5.74, 6) is -3.65. The highest BCUT2D eigenvalue weighted by Crippen LogP contribution is 2.60. The van der Waals surface area contributed by atoms with Crippen molar-refractivity contribution in [3.63, 3.8) is 0 Å². The number of carboxylic acids is 1. The number of amides is 2. The minimum absolute atomic E-state index is 0.134. The Bertz CT molecular complexity index is 722. The molecule has 0 aromatic rings. The molecular formula is C20H29BrN2O6. The summed E-state index contributed by atoms with van der Waals surface area (Å²) < 4.78 is 6.20. The monoisotopic (exact) mass is 472 g/mol. The standard InChI is InChI=1S/C20H29BrN2O6/c1-5-7-23(19(2,3)4)17(26)15-20-10-11(21)14(29-20)12(18(27)28)13(20)16(25)22(15)8-6-9-24/h5,11-15,24H,1,6-10H2,2-4H3,(H,27,28)/t11?,12-,13+,14-,15?,20?/m1/s1. The maximum atomic E-state index is 13.8. The van der Waals surface area contributed by atoms with Crippen molar-refractivity contribution in [2.75, 3.05) is 19.7 Å². The molecule has 0 aromatic carbocycles. The van der Waals surface area contributed by atoms with E-state index in [0.29, 0.717) is 19.4 Å². The quantitative estimate of drug-likeness (QED) is 0.422. The van der Waals surface area contributed by atoms with Crippen molar-refractivity contribution in [1.82, 2.24) is 9.80 Å². The van der Waals surface area contributed by atoms with Gasteiger partial charge in [0.25, 0.3) is 0 Å². The van der Waals surface area contributed by atoms with Crippen molar-refractivity contribution in [2.45, 2.75) is 61.7 Å². The predicted octanol–water partition coefficient (Wildman–Crippen LogP) is 1.01. The number of likely N-dealkylation sites (tertiary alicyclic amines) is 1. The Morgan fingerprint density at radius 1 is 1.45 bits per heavy atom. The molecule has 6 atom stereocenters. The van der Waals surface area contributed by atoms with E-state index in [1.807, 2.05) is 20.8 Å². The van der Waals surface area contributed by atoms with Crippen LogP contribution in [0.15, 0.2) is 12.7 Å². The van der Waals surface area contributed by atoms with Crippen molar-refractivity contribution < 1.29 is 29.3 Å². The van der Waals surface area contributed by atoms with Crippen LogP contribution in [-0.4, -0.2) is 85.6 Å². The number of hydrogen-bond donors (Lipinski definition) is 2. The molecule has 2 bridgehead atoms. The van der Waals surface area contributed by atoms with E-state index in [9.17, 15) is 24.6 Å². The van der Waals surface area contributed by atoms with E-state index in [0.717, 1.165) is 0 Å². The van der Waals surface area contributed by atoms with E-state index in [2.05, 4.69) is 22.5 Å². The second-order valence-electron chi connectivity index (χ2n) is 9.02. The average molecular weight is 473 g/mol. The van der Waals surface area contributed by atoms with Gasteiger partial charge in [-0.05, 0) is 33.6 Å². The lowest BCUT2D eigenvalue weighted by Crippen LogP contribution is -2.60. The largest absolute Gasteiger partial charge is 0.481 e. The normalized spacial score (nSPS) is 35.7. The van der Waals surface area contributed by atoms with Gasteiger partial charge in [0.1, 0.15) is 11.6 Å².